The third kappa shape index (κ3) is 7.09. The Morgan fingerprint density at radius 3 is 2.34 bits per heavy atom. The molecule has 0 radical (unpaired) electrons. The highest BCUT2D eigenvalue weighted by Gasteiger charge is 2.21. The monoisotopic (exact) mass is 572 g/mol. The molecule has 1 fully saturated rings. The summed E-state index contributed by atoms with van der Waals surface area (Å²) in [6.07, 6.45) is 6.18. The van der Waals surface area contributed by atoms with E-state index in [0.29, 0.717) is 25.8 Å². The molecule has 1 aliphatic rings. The maximum Gasteiger partial charge on any atom is 0.414 e. The summed E-state index contributed by atoms with van der Waals surface area (Å²) in [6, 6.07) is 16.2. The normalized spacial score (nSPS) is 14.5. The molecule has 1 saturated carbocycles. The molecule has 38 heavy (non-hydrogen) atoms. The average molecular weight is 574 g/mol. The van der Waals surface area contributed by atoms with E-state index in [1.54, 1.807) is 35.2 Å². The average Bonchev–Trinajstić information content (AvgIpc) is 3.24. The maximum atomic E-state index is 13.4. The van der Waals surface area contributed by atoms with Gasteiger partial charge in [0, 0.05) is 10.9 Å². The van der Waals surface area contributed by atoms with Crippen LogP contribution >= 0.6 is 34.5 Å². The lowest BCUT2D eigenvalue weighted by Crippen LogP contribution is -2.79. The van der Waals surface area contributed by atoms with Crippen LogP contribution in [0, 0.1) is 0 Å². The molecule has 1 aliphatic carbocycles. The van der Waals surface area contributed by atoms with Crippen molar-refractivity contribution in [1.29, 1.82) is 0 Å². The molecular formula is C26H28Cl2N7O2S+. The van der Waals surface area contributed by atoms with Crippen molar-refractivity contribution in [2.75, 3.05) is 10.2 Å². The number of hydrogen-bond donors (Lipinski definition) is 4. The summed E-state index contributed by atoms with van der Waals surface area (Å²) in [5, 5.41) is 9.27. The van der Waals surface area contributed by atoms with Gasteiger partial charge in [0.2, 0.25) is 0 Å². The van der Waals surface area contributed by atoms with Crippen LogP contribution < -0.4 is 26.8 Å². The number of amides is 3. The number of nitrogens with one attached hydrogen (secondary N) is 2. The van der Waals surface area contributed by atoms with E-state index in [0.717, 1.165) is 11.3 Å². The largest absolute Gasteiger partial charge is 0.414 e. The Bertz CT molecular complexity index is 1330. The maximum absolute atomic E-state index is 13.4. The van der Waals surface area contributed by atoms with Crippen molar-refractivity contribution in [1.82, 2.24) is 0 Å². The zero-order chi connectivity index (χ0) is 27.1. The number of nitrogens with two attached hydrogens (primary N) is 2. The Morgan fingerprint density at radius 2 is 1.74 bits per heavy atom. The molecule has 9 nitrogen and oxygen atoms in total. The lowest BCUT2D eigenvalue weighted by atomic mass is 9.84. The van der Waals surface area contributed by atoms with Gasteiger partial charge in [0.25, 0.3) is 0 Å². The van der Waals surface area contributed by atoms with Gasteiger partial charge < -0.3 is 5.32 Å². The van der Waals surface area contributed by atoms with E-state index < -0.39 is 5.91 Å². The Hall–Kier alpha value is -3.47. The van der Waals surface area contributed by atoms with Crippen LogP contribution in [-0.2, 0) is 6.54 Å². The SMILES string of the molecule is N/N=N\C(N)=[NH+]C(=O)c1ccc(CN(C(=O)Nc2cc(Cl)sc2Cl)c2ccc(C3CCCCC3)cc2)cc1. The first-order valence-electron chi connectivity index (χ1n) is 12.1. The molecule has 2 aromatic carbocycles. The summed E-state index contributed by atoms with van der Waals surface area (Å²) >= 11 is 13.5. The molecule has 0 bridgehead atoms. The molecule has 0 spiro atoms. The summed E-state index contributed by atoms with van der Waals surface area (Å²) in [5.41, 5.74) is 9.17. The fraction of sp³-hybridized carbons (Fsp3) is 0.269. The predicted molar refractivity (Wildman–Crippen MR) is 152 cm³/mol. The number of carbonyl (C=O) groups is 2. The molecule has 0 unspecified atom stereocenters. The minimum Gasteiger partial charge on any atom is -0.305 e. The molecule has 0 atom stereocenters. The number of halogens is 2. The lowest BCUT2D eigenvalue weighted by Gasteiger charge is -2.25. The smallest absolute Gasteiger partial charge is 0.305 e. The van der Waals surface area contributed by atoms with Crippen LogP contribution in [0.15, 0.2) is 64.9 Å². The van der Waals surface area contributed by atoms with E-state index >= 15 is 0 Å². The van der Waals surface area contributed by atoms with Crippen molar-refractivity contribution in [2.24, 2.45) is 21.9 Å². The third-order valence-electron chi connectivity index (χ3n) is 6.39. The van der Waals surface area contributed by atoms with Crippen LogP contribution in [0.4, 0.5) is 16.2 Å². The van der Waals surface area contributed by atoms with Crippen LogP contribution in [0.1, 0.15) is 59.5 Å². The Balaban J connectivity index is 1.56. The van der Waals surface area contributed by atoms with E-state index in [1.807, 2.05) is 12.1 Å². The van der Waals surface area contributed by atoms with Gasteiger partial charge in [-0.25, -0.2) is 9.79 Å². The van der Waals surface area contributed by atoms with Crippen LogP contribution in [0.2, 0.25) is 8.67 Å². The third-order valence-corrected chi connectivity index (χ3v) is 7.88. The van der Waals surface area contributed by atoms with Crippen LogP contribution in [0.3, 0.4) is 0 Å². The standard InChI is InChI=1S/C26H27Cl2N7O2S/c27-22-14-21(23(28)38-22)31-26(37)35(20-12-10-18(11-13-20)17-4-2-1-3-5-17)15-16-6-8-19(9-7-16)24(36)32-25(29)33-34-30/h6-14,17H,1-5,15H2,(H,31,37)(H4,29,30,32,33,36)/p+1. The fourth-order valence-corrected chi connectivity index (χ4v) is 5.85. The molecule has 4 rings (SSSR count). The Labute approximate surface area is 234 Å². The molecule has 12 heteroatoms. The molecule has 1 heterocycles. The Kier molecular flexibility index (Phi) is 9.33. The van der Waals surface area contributed by atoms with E-state index in [1.165, 1.54) is 49.0 Å². The quantitative estimate of drug-likeness (QED) is 0.106. The second-order valence-electron chi connectivity index (χ2n) is 8.93. The van der Waals surface area contributed by atoms with Crippen LogP contribution in [0.25, 0.3) is 0 Å². The number of anilines is 2. The van der Waals surface area contributed by atoms with Crippen molar-refractivity contribution in [3.8, 4) is 0 Å². The summed E-state index contributed by atoms with van der Waals surface area (Å²) in [6.45, 7) is 0.252. The number of nitrogens with zero attached hydrogens (tertiary/aromatic N) is 3. The van der Waals surface area contributed by atoms with Gasteiger partial charge >= 0.3 is 17.9 Å². The predicted octanol–water partition coefficient (Wildman–Crippen LogP) is 5.20. The highest BCUT2D eigenvalue weighted by molar-refractivity contribution is 7.20. The van der Waals surface area contributed by atoms with Gasteiger partial charge in [-0.05, 0) is 60.2 Å². The Morgan fingerprint density at radius 1 is 1.05 bits per heavy atom. The second kappa shape index (κ2) is 12.9. The van der Waals surface area contributed by atoms with Crippen LogP contribution in [0.5, 0.6) is 0 Å². The summed E-state index contributed by atoms with van der Waals surface area (Å²) in [5.74, 6) is 4.83. The van der Waals surface area contributed by atoms with Crippen LogP contribution in [-0.4, -0.2) is 17.9 Å². The number of hydrogen-bond acceptors (Lipinski definition) is 4. The van der Waals surface area contributed by atoms with Gasteiger partial charge in [-0.2, -0.15) is 0 Å². The topological polar surface area (TPSA) is 140 Å². The molecule has 6 N–H and O–H groups in total. The molecule has 1 aromatic heterocycles. The molecule has 0 aliphatic heterocycles. The van der Waals surface area contributed by atoms with Crippen molar-refractivity contribution >= 4 is 63.8 Å². The van der Waals surface area contributed by atoms with E-state index in [4.69, 9.17) is 34.8 Å². The zero-order valence-corrected chi connectivity index (χ0v) is 22.8. The summed E-state index contributed by atoms with van der Waals surface area (Å²) in [4.78, 5) is 29.8. The van der Waals surface area contributed by atoms with Gasteiger partial charge in [-0.1, -0.05) is 66.7 Å². The van der Waals surface area contributed by atoms with E-state index in [2.05, 4.69) is 32.8 Å². The molecule has 0 saturated heterocycles. The molecule has 3 aromatic rings. The first-order valence-corrected chi connectivity index (χ1v) is 13.7. The van der Waals surface area contributed by atoms with Gasteiger partial charge in [-0.15, -0.1) is 11.3 Å². The zero-order valence-electron chi connectivity index (χ0n) is 20.5. The van der Waals surface area contributed by atoms with Crippen molar-refractivity contribution in [2.45, 2.75) is 44.6 Å². The van der Waals surface area contributed by atoms with Crippen molar-refractivity contribution in [3.63, 3.8) is 0 Å². The highest BCUT2D eigenvalue weighted by atomic mass is 35.5. The fourth-order valence-electron chi connectivity index (χ4n) is 4.47. The highest BCUT2D eigenvalue weighted by Crippen LogP contribution is 2.36. The first kappa shape index (κ1) is 27.6. The van der Waals surface area contributed by atoms with Gasteiger partial charge in [0.15, 0.2) is 0 Å². The number of thiophene rings is 1. The minimum absolute atomic E-state index is 0.215. The lowest BCUT2D eigenvalue weighted by molar-refractivity contribution is -0.347. The number of carbonyl (C=O) groups excluding carboxylic acids is 2. The number of benzene rings is 2. The van der Waals surface area contributed by atoms with Gasteiger partial charge in [0.1, 0.15) is 4.34 Å². The molecule has 198 valence electrons. The number of urea groups is 1. The first-order chi connectivity index (χ1) is 18.3. The summed E-state index contributed by atoms with van der Waals surface area (Å²) < 4.78 is 0.880. The number of guanidine groups is 1. The van der Waals surface area contributed by atoms with Gasteiger partial charge in [0.05, 0.1) is 27.2 Å². The summed E-state index contributed by atoms with van der Waals surface area (Å²) in [7, 11) is 0. The van der Waals surface area contributed by atoms with E-state index in [-0.39, 0.29) is 18.5 Å². The number of rotatable bonds is 6. The van der Waals surface area contributed by atoms with Crippen molar-refractivity contribution in [3.05, 3.63) is 80.0 Å². The van der Waals surface area contributed by atoms with E-state index in [9.17, 15) is 9.59 Å². The minimum atomic E-state index is -0.460. The molecule has 3 amide bonds. The van der Waals surface area contributed by atoms with Gasteiger partial charge in [-0.3, -0.25) is 21.3 Å². The van der Waals surface area contributed by atoms with Crippen molar-refractivity contribution < 1.29 is 14.6 Å². The second-order valence-corrected chi connectivity index (χ2v) is 11.2. The molecular weight excluding hydrogens is 545 g/mol.